The number of carbonyl (C=O) groups excluding carboxylic acids is 1. The van der Waals surface area contributed by atoms with Crippen LogP contribution in [0.4, 0.5) is 0 Å². The average Bonchev–Trinajstić information content (AvgIpc) is 2.94. The van der Waals surface area contributed by atoms with E-state index in [0.29, 0.717) is 11.7 Å². The van der Waals surface area contributed by atoms with E-state index < -0.39 is 0 Å². The molecule has 0 saturated carbocycles. The number of thioether (sulfide) groups is 1. The van der Waals surface area contributed by atoms with Crippen LogP contribution in [0.25, 0.3) is 0 Å². The number of aryl methyl sites for hydroxylation is 1. The first-order valence-electron chi connectivity index (χ1n) is 8.48. The first-order chi connectivity index (χ1) is 11.6. The second-order valence-electron chi connectivity index (χ2n) is 6.48. The van der Waals surface area contributed by atoms with E-state index in [1.54, 1.807) is 0 Å². The van der Waals surface area contributed by atoms with Crippen molar-refractivity contribution in [2.24, 2.45) is 5.92 Å². The molecule has 1 atom stereocenters. The maximum atomic E-state index is 12.4. The summed E-state index contributed by atoms with van der Waals surface area (Å²) >= 11 is 1.49. The highest BCUT2D eigenvalue weighted by Crippen LogP contribution is 2.21. The minimum Gasteiger partial charge on any atom is -0.342 e. The molecule has 2 aromatic rings. The van der Waals surface area contributed by atoms with Crippen LogP contribution in [0.1, 0.15) is 31.2 Å². The van der Waals surface area contributed by atoms with Crippen molar-refractivity contribution in [1.29, 1.82) is 0 Å². The number of likely N-dealkylation sites (tertiary alicyclic amines) is 1. The van der Waals surface area contributed by atoms with Crippen LogP contribution in [-0.4, -0.2) is 44.4 Å². The molecule has 5 nitrogen and oxygen atoms in total. The molecule has 0 N–H and O–H groups in total. The molecular weight excluding hydrogens is 320 g/mol. The van der Waals surface area contributed by atoms with Gasteiger partial charge in [-0.15, -0.1) is 10.2 Å². The zero-order valence-electron chi connectivity index (χ0n) is 14.3. The average molecular weight is 344 g/mol. The van der Waals surface area contributed by atoms with Crippen molar-refractivity contribution in [1.82, 2.24) is 19.7 Å². The number of hydrogen-bond donors (Lipinski definition) is 0. The van der Waals surface area contributed by atoms with E-state index in [1.807, 2.05) is 30.0 Å². The zero-order chi connectivity index (χ0) is 16.9. The third-order valence-electron chi connectivity index (χ3n) is 4.42. The fraction of sp³-hybridized carbons (Fsp3) is 0.500. The molecule has 1 aromatic heterocycles. The summed E-state index contributed by atoms with van der Waals surface area (Å²) in [5.41, 5.74) is 1.21. The number of piperidine rings is 1. The molecule has 1 amide bonds. The first-order valence-corrected chi connectivity index (χ1v) is 9.46. The number of benzene rings is 1. The minimum atomic E-state index is 0.207. The summed E-state index contributed by atoms with van der Waals surface area (Å²) in [7, 11) is 0. The van der Waals surface area contributed by atoms with Gasteiger partial charge in [0.15, 0.2) is 5.16 Å². The smallest absolute Gasteiger partial charge is 0.233 e. The molecule has 1 unspecified atom stereocenters. The Morgan fingerprint density at radius 2 is 2.08 bits per heavy atom. The molecule has 24 heavy (non-hydrogen) atoms. The lowest BCUT2D eigenvalue weighted by Gasteiger charge is -2.30. The van der Waals surface area contributed by atoms with Gasteiger partial charge in [-0.2, -0.15) is 0 Å². The van der Waals surface area contributed by atoms with Crippen LogP contribution < -0.4 is 0 Å². The van der Waals surface area contributed by atoms with E-state index in [0.717, 1.165) is 37.0 Å². The van der Waals surface area contributed by atoms with Gasteiger partial charge in [0.25, 0.3) is 0 Å². The molecule has 1 aliphatic rings. The lowest BCUT2D eigenvalue weighted by Crippen LogP contribution is -2.40. The molecule has 1 saturated heterocycles. The van der Waals surface area contributed by atoms with Crippen molar-refractivity contribution in [2.75, 3.05) is 18.8 Å². The monoisotopic (exact) mass is 344 g/mol. The van der Waals surface area contributed by atoms with Gasteiger partial charge >= 0.3 is 0 Å². The summed E-state index contributed by atoms with van der Waals surface area (Å²) in [6, 6.07) is 10.3. The minimum absolute atomic E-state index is 0.207. The molecule has 3 rings (SSSR count). The fourth-order valence-corrected chi connectivity index (χ4v) is 3.94. The van der Waals surface area contributed by atoms with Crippen molar-refractivity contribution in [2.45, 2.75) is 38.4 Å². The summed E-state index contributed by atoms with van der Waals surface area (Å²) in [5, 5.41) is 9.25. The third kappa shape index (κ3) is 4.17. The topological polar surface area (TPSA) is 51.0 Å². The lowest BCUT2D eigenvalue weighted by molar-refractivity contribution is -0.130. The second kappa shape index (κ2) is 7.83. The van der Waals surface area contributed by atoms with Crippen LogP contribution in [0.2, 0.25) is 0 Å². The van der Waals surface area contributed by atoms with Gasteiger partial charge in [0.1, 0.15) is 5.82 Å². The van der Waals surface area contributed by atoms with E-state index in [4.69, 9.17) is 0 Å². The second-order valence-corrected chi connectivity index (χ2v) is 7.42. The molecule has 0 bridgehead atoms. The van der Waals surface area contributed by atoms with Crippen LogP contribution in [0.15, 0.2) is 35.5 Å². The lowest BCUT2D eigenvalue weighted by atomic mass is 10.0. The van der Waals surface area contributed by atoms with Crippen molar-refractivity contribution >= 4 is 17.7 Å². The van der Waals surface area contributed by atoms with Gasteiger partial charge < -0.3 is 9.47 Å². The van der Waals surface area contributed by atoms with Crippen molar-refractivity contribution in [3.8, 4) is 0 Å². The van der Waals surface area contributed by atoms with Crippen molar-refractivity contribution in [3.63, 3.8) is 0 Å². The quantitative estimate of drug-likeness (QED) is 0.783. The molecule has 0 radical (unpaired) electrons. The Labute approximate surface area is 147 Å². The molecular formula is C18H24N4OS. The number of amides is 1. The Morgan fingerprint density at radius 1 is 1.29 bits per heavy atom. The standard InChI is InChI=1S/C18H24N4OS/c1-14-7-6-10-21(11-14)17(23)13-24-18-20-19-15(2)22(18)12-16-8-4-3-5-9-16/h3-5,8-9,14H,6-7,10-13H2,1-2H3. The predicted octanol–water partition coefficient (Wildman–Crippen LogP) is 2.99. The molecule has 0 spiro atoms. The van der Waals surface area contributed by atoms with Crippen LogP contribution in [0, 0.1) is 12.8 Å². The van der Waals surface area contributed by atoms with Crippen LogP contribution >= 0.6 is 11.8 Å². The summed E-state index contributed by atoms with van der Waals surface area (Å²) in [5.74, 6) is 2.12. The maximum Gasteiger partial charge on any atom is 0.233 e. The molecule has 1 aromatic carbocycles. The van der Waals surface area contributed by atoms with Gasteiger partial charge in [-0.25, -0.2) is 0 Å². The highest BCUT2D eigenvalue weighted by molar-refractivity contribution is 7.99. The first kappa shape index (κ1) is 17.0. The summed E-state index contributed by atoms with van der Waals surface area (Å²) in [4.78, 5) is 14.4. The van der Waals surface area contributed by atoms with Gasteiger partial charge in [0, 0.05) is 13.1 Å². The number of nitrogens with zero attached hydrogens (tertiary/aromatic N) is 4. The Hall–Kier alpha value is -1.82. The Morgan fingerprint density at radius 3 is 2.83 bits per heavy atom. The van der Waals surface area contributed by atoms with E-state index in [2.05, 4.69) is 33.8 Å². The zero-order valence-corrected chi connectivity index (χ0v) is 15.1. The summed E-state index contributed by atoms with van der Waals surface area (Å²) < 4.78 is 2.08. The van der Waals surface area contributed by atoms with E-state index in [1.165, 1.54) is 23.7 Å². The number of aromatic nitrogens is 3. The van der Waals surface area contributed by atoms with Gasteiger partial charge in [-0.1, -0.05) is 49.0 Å². The van der Waals surface area contributed by atoms with Crippen LogP contribution in [0.5, 0.6) is 0 Å². The molecule has 1 fully saturated rings. The van der Waals surface area contributed by atoms with E-state index in [9.17, 15) is 4.79 Å². The highest BCUT2D eigenvalue weighted by atomic mass is 32.2. The van der Waals surface area contributed by atoms with Gasteiger partial charge in [-0.05, 0) is 31.2 Å². The largest absolute Gasteiger partial charge is 0.342 e. The normalized spacial score (nSPS) is 17.9. The Balaban J connectivity index is 1.62. The van der Waals surface area contributed by atoms with Crippen LogP contribution in [-0.2, 0) is 11.3 Å². The number of rotatable bonds is 5. The molecule has 0 aliphatic carbocycles. The van der Waals surface area contributed by atoms with Gasteiger partial charge in [-0.3, -0.25) is 4.79 Å². The van der Waals surface area contributed by atoms with E-state index >= 15 is 0 Å². The molecule has 6 heteroatoms. The number of hydrogen-bond acceptors (Lipinski definition) is 4. The highest BCUT2D eigenvalue weighted by Gasteiger charge is 2.21. The Kier molecular flexibility index (Phi) is 5.56. The van der Waals surface area contributed by atoms with E-state index in [-0.39, 0.29) is 5.91 Å². The summed E-state index contributed by atoms with van der Waals surface area (Å²) in [6.07, 6.45) is 2.34. The third-order valence-corrected chi connectivity index (χ3v) is 5.37. The number of carbonyl (C=O) groups is 1. The SMILES string of the molecule is Cc1nnc(SCC(=O)N2CCCC(C)C2)n1Cc1ccccc1. The molecule has 2 heterocycles. The molecule has 1 aliphatic heterocycles. The van der Waals surface area contributed by atoms with Crippen LogP contribution in [0.3, 0.4) is 0 Å². The van der Waals surface area contributed by atoms with Crippen molar-refractivity contribution in [3.05, 3.63) is 41.7 Å². The maximum absolute atomic E-state index is 12.4. The molecule has 128 valence electrons. The van der Waals surface area contributed by atoms with Gasteiger partial charge in [0.05, 0.1) is 12.3 Å². The predicted molar refractivity (Wildman–Crippen MR) is 96.0 cm³/mol. The van der Waals surface area contributed by atoms with Crippen molar-refractivity contribution < 1.29 is 4.79 Å². The fourth-order valence-electron chi connectivity index (χ4n) is 3.05. The van der Waals surface area contributed by atoms with Gasteiger partial charge in [0.2, 0.25) is 5.91 Å². The summed E-state index contributed by atoms with van der Waals surface area (Å²) in [6.45, 7) is 6.67. The Bertz CT molecular complexity index is 686.